The van der Waals surface area contributed by atoms with Gasteiger partial charge in [0.15, 0.2) is 0 Å². The van der Waals surface area contributed by atoms with E-state index in [1.807, 2.05) is 0 Å². The van der Waals surface area contributed by atoms with E-state index in [1.165, 1.54) is 19.2 Å². The summed E-state index contributed by atoms with van der Waals surface area (Å²) in [6.45, 7) is 1.61. The molecule has 7 heteroatoms. The number of aromatic hydroxyl groups is 1. The number of hydrogen-bond donors (Lipinski definition) is 2. The maximum absolute atomic E-state index is 12.2. The van der Waals surface area contributed by atoms with E-state index in [4.69, 9.17) is 4.74 Å². The van der Waals surface area contributed by atoms with Gasteiger partial charge in [0.05, 0.1) is 17.6 Å². The first-order chi connectivity index (χ1) is 10.4. The van der Waals surface area contributed by atoms with Crippen molar-refractivity contribution >= 4 is 17.3 Å². The molecule has 114 valence electrons. The summed E-state index contributed by atoms with van der Waals surface area (Å²) in [4.78, 5) is 22.3. The van der Waals surface area contributed by atoms with Gasteiger partial charge in [-0.05, 0) is 42.8 Å². The van der Waals surface area contributed by atoms with E-state index in [0.717, 1.165) is 0 Å². The van der Waals surface area contributed by atoms with E-state index in [0.29, 0.717) is 17.0 Å². The molecule has 0 spiro atoms. The molecule has 2 aromatic carbocycles. The second kappa shape index (κ2) is 6.13. The monoisotopic (exact) mass is 302 g/mol. The van der Waals surface area contributed by atoms with Crippen LogP contribution < -0.4 is 10.1 Å². The van der Waals surface area contributed by atoms with Crippen molar-refractivity contribution in [1.29, 1.82) is 0 Å². The topological polar surface area (TPSA) is 102 Å². The Morgan fingerprint density at radius 3 is 2.45 bits per heavy atom. The second-order valence-corrected chi connectivity index (χ2v) is 4.62. The Balaban J connectivity index is 2.30. The molecule has 0 aliphatic heterocycles. The lowest BCUT2D eigenvalue weighted by Gasteiger charge is -2.09. The minimum Gasteiger partial charge on any atom is -0.502 e. The summed E-state index contributed by atoms with van der Waals surface area (Å²) in [6.07, 6.45) is 0. The average molecular weight is 302 g/mol. The van der Waals surface area contributed by atoms with Gasteiger partial charge in [0.25, 0.3) is 5.91 Å². The van der Waals surface area contributed by atoms with E-state index < -0.39 is 22.3 Å². The molecule has 1 amide bonds. The number of nitro groups is 1. The van der Waals surface area contributed by atoms with Crippen molar-refractivity contribution in [2.75, 3.05) is 12.4 Å². The molecule has 0 bridgehead atoms. The number of aryl methyl sites for hydroxylation is 1. The molecular formula is C15H14N2O5. The zero-order valence-electron chi connectivity index (χ0n) is 12.0. The number of methoxy groups -OCH3 is 1. The second-order valence-electron chi connectivity index (χ2n) is 4.62. The summed E-state index contributed by atoms with van der Waals surface area (Å²) >= 11 is 0. The number of anilines is 1. The normalized spacial score (nSPS) is 10.1. The third-order valence-corrected chi connectivity index (χ3v) is 3.02. The number of nitrogens with one attached hydrogen (secondary N) is 1. The first-order valence-electron chi connectivity index (χ1n) is 6.35. The van der Waals surface area contributed by atoms with Gasteiger partial charge in [-0.3, -0.25) is 14.9 Å². The van der Waals surface area contributed by atoms with E-state index >= 15 is 0 Å². The molecule has 0 saturated heterocycles. The lowest BCUT2D eigenvalue weighted by Crippen LogP contribution is -2.13. The van der Waals surface area contributed by atoms with E-state index in [1.54, 1.807) is 31.2 Å². The summed E-state index contributed by atoms with van der Waals surface area (Å²) in [6, 6.07) is 9.17. The van der Waals surface area contributed by atoms with Crippen LogP contribution in [0.15, 0.2) is 36.4 Å². The summed E-state index contributed by atoms with van der Waals surface area (Å²) in [7, 11) is 1.53. The number of carbonyl (C=O) groups is 1. The van der Waals surface area contributed by atoms with Gasteiger partial charge in [0.2, 0.25) is 5.75 Å². The summed E-state index contributed by atoms with van der Waals surface area (Å²) < 4.78 is 5.01. The van der Waals surface area contributed by atoms with Crippen LogP contribution in [0.25, 0.3) is 0 Å². The largest absolute Gasteiger partial charge is 0.502 e. The Morgan fingerprint density at radius 1 is 1.27 bits per heavy atom. The van der Waals surface area contributed by atoms with Gasteiger partial charge in [0.1, 0.15) is 5.75 Å². The lowest BCUT2D eigenvalue weighted by atomic mass is 10.1. The van der Waals surface area contributed by atoms with Crippen molar-refractivity contribution in [3.63, 3.8) is 0 Å². The number of ether oxygens (including phenoxy) is 1. The Hall–Kier alpha value is -3.09. The number of benzene rings is 2. The van der Waals surface area contributed by atoms with Gasteiger partial charge in [-0.2, -0.15) is 0 Å². The minimum absolute atomic E-state index is 0.150. The van der Waals surface area contributed by atoms with E-state index in [2.05, 4.69) is 5.32 Å². The number of amides is 1. The lowest BCUT2D eigenvalue weighted by molar-refractivity contribution is -0.385. The predicted octanol–water partition coefficient (Wildman–Crippen LogP) is 2.87. The van der Waals surface area contributed by atoms with Gasteiger partial charge in [-0.1, -0.05) is 0 Å². The molecule has 7 nitrogen and oxygen atoms in total. The van der Waals surface area contributed by atoms with Crippen molar-refractivity contribution in [3.05, 3.63) is 57.6 Å². The predicted molar refractivity (Wildman–Crippen MR) is 80.4 cm³/mol. The molecule has 0 heterocycles. The van der Waals surface area contributed by atoms with Crippen LogP contribution in [0.3, 0.4) is 0 Å². The molecule has 0 fully saturated rings. The summed E-state index contributed by atoms with van der Waals surface area (Å²) in [5.74, 6) is -0.650. The maximum Gasteiger partial charge on any atom is 0.311 e. The van der Waals surface area contributed by atoms with Crippen molar-refractivity contribution < 1.29 is 19.6 Å². The Kier molecular flexibility index (Phi) is 4.26. The van der Waals surface area contributed by atoms with E-state index in [-0.39, 0.29) is 5.56 Å². The molecule has 2 N–H and O–H groups in total. The van der Waals surface area contributed by atoms with Gasteiger partial charge < -0.3 is 15.2 Å². The molecule has 2 aromatic rings. The smallest absolute Gasteiger partial charge is 0.311 e. The highest BCUT2D eigenvalue weighted by Crippen LogP contribution is 2.31. The van der Waals surface area contributed by atoms with Crippen molar-refractivity contribution in [2.45, 2.75) is 6.92 Å². The molecule has 2 rings (SSSR count). The molecule has 0 unspecified atom stereocenters. The first-order valence-corrected chi connectivity index (χ1v) is 6.35. The van der Waals surface area contributed by atoms with Gasteiger partial charge in [0, 0.05) is 11.8 Å². The standard InChI is InChI=1S/C15H14N2O5/c1-9-7-12(14(18)13(8-9)17(20)21)15(19)16-10-3-5-11(22-2)6-4-10/h3-8,18H,1-2H3,(H,16,19). The Labute approximate surface area is 126 Å². The summed E-state index contributed by atoms with van der Waals surface area (Å²) in [5.41, 5.74) is 0.334. The Morgan fingerprint density at radius 2 is 1.91 bits per heavy atom. The fourth-order valence-electron chi connectivity index (χ4n) is 1.94. The van der Waals surface area contributed by atoms with Crippen LogP contribution in [-0.4, -0.2) is 23.0 Å². The number of phenols is 1. The highest BCUT2D eigenvalue weighted by atomic mass is 16.6. The number of nitrogens with zero attached hydrogens (tertiary/aromatic N) is 1. The van der Waals surface area contributed by atoms with Crippen LogP contribution in [0, 0.1) is 17.0 Å². The highest BCUT2D eigenvalue weighted by molar-refractivity contribution is 6.07. The molecule has 0 aromatic heterocycles. The fourth-order valence-corrected chi connectivity index (χ4v) is 1.94. The van der Waals surface area contributed by atoms with Crippen LogP contribution in [-0.2, 0) is 0 Å². The van der Waals surface area contributed by atoms with Gasteiger partial charge in [-0.25, -0.2) is 0 Å². The van der Waals surface area contributed by atoms with Crippen molar-refractivity contribution in [3.8, 4) is 11.5 Å². The third kappa shape index (κ3) is 3.14. The Bertz CT molecular complexity index is 725. The fraction of sp³-hybridized carbons (Fsp3) is 0.133. The number of nitro benzene ring substituents is 1. The minimum atomic E-state index is -0.730. The summed E-state index contributed by atoms with van der Waals surface area (Å²) in [5, 5.41) is 23.3. The molecule has 0 atom stereocenters. The first kappa shape index (κ1) is 15.3. The highest BCUT2D eigenvalue weighted by Gasteiger charge is 2.22. The van der Waals surface area contributed by atoms with Crippen LogP contribution in [0.1, 0.15) is 15.9 Å². The van der Waals surface area contributed by atoms with Crippen LogP contribution in [0.5, 0.6) is 11.5 Å². The average Bonchev–Trinajstić information content (AvgIpc) is 2.49. The van der Waals surface area contributed by atoms with Crippen molar-refractivity contribution in [1.82, 2.24) is 0 Å². The molecule has 0 saturated carbocycles. The van der Waals surface area contributed by atoms with Crippen LogP contribution in [0.2, 0.25) is 0 Å². The number of hydrogen-bond acceptors (Lipinski definition) is 5. The van der Waals surface area contributed by atoms with Crippen LogP contribution >= 0.6 is 0 Å². The number of carbonyl (C=O) groups excluding carboxylic acids is 1. The molecule has 0 radical (unpaired) electrons. The molecule has 0 aliphatic rings. The zero-order valence-corrected chi connectivity index (χ0v) is 12.0. The van der Waals surface area contributed by atoms with Crippen molar-refractivity contribution in [2.24, 2.45) is 0 Å². The molecule has 22 heavy (non-hydrogen) atoms. The third-order valence-electron chi connectivity index (χ3n) is 3.02. The molecular weight excluding hydrogens is 288 g/mol. The SMILES string of the molecule is COc1ccc(NC(=O)c2cc(C)cc([N+](=O)[O-])c2O)cc1. The maximum atomic E-state index is 12.2. The number of rotatable bonds is 4. The zero-order chi connectivity index (χ0) is 16.3. The van der Waals surface area contributed by atoms with Crippen LogP contribution in [0.4, 0.5) is 11.4 Å². The van der Waals surface area contributed by atoms with Gasteiger partial charge >= 0.3 is 5.69 Å². The quantitative estimate of drug-likeness (QED) is 0.668. The van der Waals surface area contributed by atoms with Gasteiger partial charge in [-0.15, -0.1) is 0 Å². The number of phenolic OH excluding ortho intramolecular Hbond substituents is 1. The van der Waals surface area contributed by atoms with E-state index in [9.17, 15) is 20.0 Å². The molecule has 0 aliphatic carbocycles.